The predicted molar refractivity (Wildman–Crippen MR) is 219 cm³/mol. The van der Waals surface area contributed by atoms with E-state index in [0.29, 0.717) is 75.9 Å². The Hall–Kier alpha value is -5.01. The van der Waals surface area contributed by atoms with Crippen molar-refractivity contribution in [1.82, 2.24) is 48.8 Å². The first-order valence-electron chi connectivity index (χ1n) is 18.8. The van der Waals surface area contributed by atoms with Crippen LogP contribution >= 0.6 is 0 Å². The van der Waals surface area contributed by atoms with Crippen molar-refractivity contribution in [3.63, 3.8) is 0 Å². The first-order valence-corrected chi connectivity index (χ1v) is 21.3. The number of anilines is 2. The Morgan fingerprint density at radius 3 is 1.66 bits per heavy atom. The number of aromatic nitrogens is 6. The molecule has 22 nitrogen and oxygen atoms in total. The summed E-state index contributed by atoms with van der Waals surface area (Å²) in [5, 5.41) is 19.6. The number of aryl methyl sites for hydroxylation is 2. The van der Waals surface area contributed by atoms with Crippen LogP contribution in [-0.4, -0.2) is 121 Å². The van der Waals surface area contributed by atoms with Crippen molar-refractivity contribution in [1.29, 1.82) is 0 Å². The van der Waals surface area contributed by atoms with Gasteiger partial charge in [-0.15, -0.1) is 0 Å². The van der Waals surface area contributed by atoms with Crippen molar-refractivity contribution < 1.29 is 36.6 Å². The van der Waals surface area contributed by atoms with E-state index in [1.165, 1.54) is 44.4 Å². The number of pyridine rings is 2. The number of nitrogens with one attached hydrogen (secondary N) is 3. The normalized spacial score (nSPS) is 16.1. The first-order chi connectivity index (χ1) is 27.8. The summed E-state index contributed by atoms with van der Waals surface area (Å²) in [5.41, 5.74) is 1.07. The Labute approximate surface area is 343 Å². The molecule has 4 N–H and O–H groups in total. The third kappa shape index (κ3) is 10.8. The average Bonchev–Trinajstić information content (AvgIpc) is 3.18. The SMILES string of the molecule is COc1nc(N2CCC(CNNS(=O)[O-])CC2)cc2cnn(C)c(=O)c12.COc1nc(N2CCC(CNS(=O)(=O)N(C(=O)O)C(C)(C)C)CC2)cc2cnn(C)c(=O)c12. The van der Waals surface area contributed by atoms with Crippen molar-refractivity contribution in [3.8, 4) is 11.8 Å². The molecule has 0 bridgehead atoms. The van der Waals surface area contributed by atoms with Crippen LogP contribution in [0.15, 0.2) is 34.1 Å². The summed E-state index contributed by atoms with van der Waals surface area (Å²) in [6, 6.07) is 3.65. The number of rotatable bonds is 12. The lowest BCUT2D eigenvalue weighted by molar-refractivity contribution is 0.145. The molecule has 4 aromatic rings. The highest BCUT2D eigenvalue weighted by molar-refractivity contribution is 7.87. The molecule has 4 aromatic heterocycles. The van der Waals surface area contributed by atoms with Gasteiger partial charge in [0.15, 0.2) is 0 Å². The number of hydrogen-bond donors (Lipinski definition) is 4. The smallest absolute Gasteiger partial charge is 0.422 e. The van der Waals surface area contributed by atoms with Crippen LogP contribution in [0.5, 0.6) is 11.8 Å². The predicted octanol–water partition coefficient (Wildman–Crippen LogP) is 0.608. The molecule has 0 saturated carbocycles. The van der Waals surface area contributed by atoms with Crippen LogP contribution in [0.1, 0.15) is 46.5 Å². The van der Waals surface area contributed by atoms with Gasteiger partial charge in [-0.1, -0.05) is 0 Å². The maximum atomic E-state index is 12.6. The van der Waals surface area contributed by atoms with Crippen LogP contribution in [0.25, 0.3) is 21.5 Å². The van der Waals surface area contributed by atoms with E-state index in [0.717, 1.165) is 31.7 Å². The summed E-state index contributed by atoms with van der Waals surface area (Å²) >= 11 is -2.31. The summed E-state index contributed by atoms with van der Waals surface area (Å²) in [6.45, 7) is 8.10. The fourth-order valence-electron chi connectivity index (χ4n) is 7.05. The number of amides is 1. The molecule has 59 heavy (non-hydrogen) atoms. The van der Waals surface area contributed by atoms with Gasteiger partial charge in [0.05, 0.1) is 32.2 Å². The van der Waals surface area contributed by atoms with E-state index in [4.69, 9.17) is 9.47 Å². The fraction of sp³-hybridized carbons (Fsp3) is 0.571. The number of nitrogens with zero attached hydrogens (tertiary/aromatic N) is 9. The number of hydrazine groups is 1. The number of hydrogen-bond acceptors (Lipinski definition) is 16. The monoisotopic (exact) mass is 863 g/mol. The average molecular weight is 864 g/mol. The molecule has 324 valence electrons. The second-order valence-electron chi connectivity index (χ2n) is 15.2. The molecule has 1 amide bonds. The summed E-state index contributed by atoms with van der Waals surface area (Å²) in [6.07, 6.45) is 4.87. The molecule has 6 heterocycles. The Bertz CT molecular complexity index is 2390. The largest absolute Gasteiger partial charge is 0.759 e. The Kier molecular flexibility index (Phi) is 14.5. The molecule has 1 unspecified atom stereocenters. The Morgan fingerprint density at radius 2 is 1.29 bits per heavy atom. The number of carbonyl (C=O) groups is 1. The Balaban J connectivity index is 0.000000230. The van der Waals surface area contributed by atoms with E-state index in [9.17, 15) is 36.7 Å². The summed E-state index contributed by atoms with van der Waals surface area (Å²) in [4.78, 5) is 51.6. The minimum atomic E-state index is -4.18. The minimum absolute atomic E-state index is 0.0444. The van der Waals surface area contributed by atoms with Crippen molar-refractivity contribution in [2.45, 2.75) is 52.0 Å². The number of ether oxygens (including phenoxy) is 2. The molecule has 2 aliphatic heterocycles. The fourth-order valence-corrected chi connectivity index (χ4v) is 8.75. The molecule has 24 heteroatoms. The molecule has 0 aromatic carbocycles. The highest BCUT2D eigenvalue weighted by Gasteiger charge is 2.37. The third-order valence-electron chi connectivity index (χ3n) is 10.1. The summed E-state index contributed by atoms with van der Waals surface area (Å²) < 4.78 is 62.1. The maximum Gasteiger partial charge on any atom is 0.422 e. The maximum absolute atomic E-state index is 12.6. The van der Waals surface area contributed by atoms with Gasteiger partial charge in [-0.25, -0.2) is 19.6 Å². The van der Waals surface area contributed by atoms with Gasteiger partial charge in [-0.05, 0) is 70.4 Å². The van der Waals surface area contributed by atoms with E-state index >= 15 is 0 Å². The molecule has 2 saturated heterocycles. The molecule has 0 aliphatic carbocycles. The molecular formula is C35H51N12O10S2-. The number of methoxy groups -OCH3 is 2. The van der Waals surface area contributed by atoms with Gasteiger partial charge in [-0.3, -0.25) is 13.8 Å². The zero-order valence-electron chi connectivity index (χ0n) is 34.0. The second-order valence-corrected chi connectivity index (χ2v) is 17.5. The third-order valence-corrected chi connectivity index (χ3v) is 12.2. The molecule has 6 rings (SSSR count). The van der Waals surface area contributed by atoms with Crippen LogP contribution in [0.2, 0.25) is 0 Å². The van der Waals surface area contributed by atoms with Gasteiger partial charge in [0, 0.05) is 75.4 Å². The highest BCUT2D eigenvalue weighted by Crippen LogP contribution is 2.30. The van der Waals surface area contributed by atoms with Crippen molar-refractivity contribution in [3.05, 3.63) is 45.2 Å². The quantitative estimate of drug-likeness (QED) is 0.112. The lowest BCUT2D eigenvalue weighted by Gasteiger charge is -2.35. The van der Waals surface area contributed by atoms with E-state index in [1.807, 2.05) is 11.0 Å². The van der Waals surface area contributed by atoms with Crippen LogP contribution in [0.4, 0.5) is 16.4 Å². The number of piperidine rings is 2. The van der Waals surface area contributed by atoms with Gasteiger partial charge < -0.3 is 28.9 Å². The van der Waals surface area contributed by atoms with Crippen molar-refractivity contribution in [2.24, 2.45) is 25.9 Å². The van der Waals surface area contributed by atoms with Gasteiger partial charge in [0.2, 0.25) is 11.8 Å². The van der Waals surface area contributed by atoms with Gasteiger partial charge in [-0.2, -0.15) is 42.4 Å². The molecule has 0 radical (unpaired) electrons. The molecule has 2 fully saturated rings. The van der Waals surface area contributed by atoms with Gasteiger partial charge in [0.1, 0.15) is 22.4 Å². The number of carboxylic acid groups (broad SMARTS) is 1. The zero-order valence-corrected chi connectivity index (χ0v) is 35.6. The lowest BCUT2D eigenvalue weighted by atomic mass is 9.97. The summed E-state index contributed by atoms with van der Waals surface area (Å²) in [5.74, 6) is 2.34. The van der Waals surface area contributed by atoms with E-state index in [2.05, 4.69) is 40.0 Å². The van der Waals surface area contributed by atoms with Crippen LogP contribution < -0.4 is 45.4 Å². The van der Waals surface area contributed by atoms with E-state index in [1.54, 1.807) is 32.6 Å². The van der Waals surface area contributed by atoms with Crippen LogP contribution in [0.3, 0.4) is 0 Å². The lowest BCUT2D eigenvalue weighted by Crippen LogP contribution is -2.54. The van der Waals surface area contributed by atoms with E-state index in [-0.39, 0.29) is 29.5 Å². The molecule has 1 atom stereocenters. The molecular weight excluding hydrogens is 813 g/mol. The molecule has 0 spiro atoms. The molecule has 2 aliphatic rings. The van der Waals surface area contributed by atoms with E-state index < -0.39 is 33.1 Å². The number of fused-ring (bicyclic) bond motifs is 2. The van der Waals surface area contributed by atoms with Gasteiger partial charge >= 0.3 is 16.3 Å². The topological polar surface area (TPSA) is 271 Å². The standard InChI is InChI=1S/C20H30N6O6S.C15H22N6O4S/c1-20(2,3)26(19(28)29)33(30,31)22-11-13-6-8-25(9-7-13)15-10-14-12-21-24(4)18(27)16(14)17(23-15)32-5;1-20-15(22)13-11(9-17-20)7-12(18-14(13)25-2)21-5-3-10(4-6-21)8-16-19-26(23)24/h10,12-13,22H,6-9,11H2,1-5H3,(H,28,29);7,9-10,16,19H,3-6,8H2,1-2H3,(H,23,24)/p-1. The highest BCUT2D eigenvalue weighted by atomic mass is 32.2. The van der Waals surface area contributed by atoms with Gasteiger partial charge in [0.25, 0.3) is 11.1 Å². The van der Waals surface area contributed by atoms with Crippen LogP contribution in [-0.2, 0) is 35.6 Å². The minimum Gasteiger partial charge on any atom is -0.759 e. The van der Waals surface area contributed by atoms with Crippen molar-refractivity contribution in [2.75, 3.05) is 63.3 Å². The Morgan fingerprint density at radius 1 is 0.864 bits per heavy atom. The summed E-state index contributed by atoms with van der Waals surface area (Å²) in [7, 11) is 1.92. The zero-order chi connectivity index (χ0) is 43.2. The first kappa shape index (κ1) is 45.1. The van der Waals surface area contributed by atoms with Crippen molar-refractivity contribution >= 4 is 60.7 Å². The van der Waals surface area contributed by atoms with Crippen LogP contribution in [0, 0.1) is 11.8 Å². The second kappa shape index (κ2) is 18.9.